The van der Waals surface area contributed by atoms with Gasteiger partial charge in [-0.3, -0.25) is 9.69 Å². The van der Waals surface area contributed by atoms with Gasteiger partial charge in [-0.05, 0) is 6.92 Å². The van der Waals surface area contributed by atoms with E-state index in [1.54, 1.807) is 6.92 Å². The topological polar surface area (TPSA) is 84.6 Å². The highest BCUT2D eigenvalue weighted by atomic mass is 16.5. The standard InChI is InChI=1S/C12H20N4O3/c1-2-19-12(18)11(14-13)10(17)9-16-6-3-15(4-7-16)5-8-16/h13H,2-9H2,1H3/q+2. The SMILES string of the molecule is CCOC(=O)C(=[N+]=N)C(=O)C[N+]12CCN(CC1)CC2. The van der Waals surface area contributed by atoms with Crippen molar-refractivity contribution in [3.63, 3.8) is 0 Å². The van der Waals surface area contributed by atoms with Crippen LogP contribution in [-0.2, 0) is 14.3 Å². The Morgan fingerprint density at radius 1 is 1.26 bits per heavy atom. The fraction of sp³-hybridized carbons (Fsp3) is 0.750. The number of nitrogens with zero attached hydrogens (tertiary/aromatic N) is 3. The van der Waals surface area contributed by atoms with Crippen LogP contribution >= 0.6 is 0 Å². The van der Waals surface area contributed by atoms with Crippen molar-refractivity contribution in [1.82, 2.24) is 4.90 Å². The third-order valence-corrected chi connectivity index (χ3v) is 4.00. The summed E-state index contributed by atoms with van der Waals surface area (Å²) in [5.74, 6) is -1.15. The van der Waals surface area contributed by atoms with E-state index in [0.717, 1.165) is 39.3 Å². The maximum Gasteiger partial charge on any atom is 0.496 e. The second kappa shape index (κ2) is 5.61. The molecule has 7 nitrogen and oxygen atoms in total. The number of hydrogen-bond acceptors (Lipinski definition) is 5. The number of ether oxygens (including phenoxy) is 1. The Labute approximate surface area is 111 Å². The number of carbonyl (C=O) groups excluding carboxylic acids is 2. The van der Waals surface area contributed by atoms with E-state index in [1.807, 2.05) is 0 Å². The molecule has 0 spiro atoms. The summed E-state index contributed by atoms with van der Waals surface area (Å²) in [6, 6.07) is 0. The number of hydrogen-bond donors (Lipinski definition) is 1. The molecule has 0 aliphatic carbocycles. The molecule has 3 rings (SSSR count). The summed E-state index contributed by atoms with van der Waals surface area (Å²) in [6.45, 7) is 7.89. The monoisotopic (exact) mass is 268 g/mol. The Hall–Kier alpha value is -1.56. The molecule has 3 aliphatic heterocycles. The fourth-order valence-corrected chi connectivity index (χ4v) is 2.77. The van der Waals surface area contributed by atoms with E-state index in [1.165, 1.54) is 0 Å². The molecule has 0 radical (unpaired) electrons. The number of quaternary nitrogens is 1. The van der Waals surface area contributed by atoms with Crippen LogP contribution in [0, 0.1) is 5.53 Å². The van der Waals surface area contributed by atoms with Crippen LogP contribution in [0.5, 0.6) is 0 Å². The van der Waals surface area contributed by atoms with E-state index < -0.39 is 5.97 Å². The Morgan fingerprint density at radius 3 is 2.32 bits per heavy atom. The van der Waals surface area contributed by atoms with E-state index in [0.29, 0.717) is 4.48 Å². The number of rotatable bonds is 5. The summed E-state index contributed by atoms with van der Waals surface area (Å²) < 4.78 is 5.47. The minimum atomic E-state index is -0.781. The summed E-state index contributed by atoms with van der Waals surface area (Å²) in [4.78, 5) is 29.2. The smallest absolute Gasteiger partial charge is 0.457 e. The first kappa shape index (κ1) is 13.9. The van der Waals surface area contributed by atoms with Gasteiger partial charge in [-0.2, -0.15) is 0 Å². The number of nitrogens with one attached hydrogen (secondary N) is 1. The van der Waals surface area contributed by atoms with Crippen molar-refractivity contribution in [3.05, 3.63) is 0 Å². The van der Waals surface area contributed by atoms with E-state index in [-0.39, 0.29) is 24.6 Å². The zero-order valence-electron chi connectivity index (χ0n) is 11.2. The van der Waals surface area contributed by atoms with Gasteiger partial charge in [0.25, 0.3) is 0 Å². The highest BCUT2D eigenvalue weighted by molar-refractivity contribution is 6.62. The Kier molecular flexibility index (Phi) is 4.09. The van der Waals surface area contributed by atoms with Crippen LogP contribution in [0.15, 0.2) is 0 Å². The van der Waals surface area contributed by atoms with Gasteiger partial charge in [-0.15, -0.1) is 0 Å². The lowest BCUT2D eigenvalue weighted by atomic mass is 10.1. The Morgan fingerprint density at radius 2 is 1.84 bits per heavy atom. The number of piperazine rings is 3. The van der Waals surface area contributed by atoms with Gasteiger partial charge in [0.2, 0.25) is 0 Å². The quantitative estimate of drug-likeness (QED) is 0.172. The first-order valence-electron chi connectivity index (χ1n) is 6.62. The third-order valence-electron chi connectivity index (χ3n) is 4.00. The minimum Gasteiger partial charge on any atom is -0.457 e. The molecule has 104 valence electrons. The Bertz CT molecular complexity index is 420. The maximum atomic E-state index is 12.2. The molecule has 0 amide bonds. The molecule has 0 aromatic heterocycles. The van der Waals surface area contributed by atoms with Crippen LogP contribution in [-0.4, -0.2) is 84.1 Å². The highest BCUT2D eigenvalue weighted by Crippen LogP contribution is 2.19. The van der Waals surface area contributed by atoms with Crippen molar-refractivity contribution in [2.75, 3.05) is 52.4 Å². The first-order chi connectivity index (χ1) is 9.10. The molecule has 7 heteroatoms. The average molecular weight is 268 g/mol. The molecule has 0 unspecified atom stereocenters. The lowest BCUT2D eigenvalue weighted by molar-refractivity contribution is -0.933. The third kappa shape index (κ3) is 2.89. The van der Waals surface area contributed by atoms with E-state index >= 15 is 0 Å². The largest absolute Gasteiger partial charge is 0.496 e. The van der Waals surface area contributed by atoms with E-state index in [2.05, 4.69) is 9.69 Å². The van der Waals surface area contributed by atoms with Gasteiger partial charge in [-0.1, -0.05) is 0 Å². The summed E-state index contributed by atoms with van der Waals surface area (Å²) in [6.07, 6.45) is 0. The van der Waals surface area contributed by atoms with Gasteiger partial charge in [0, 0.05) is 19.6 Å². The number of Topliss-reactive ketones (excluding diaryl/α,β-unsaturated/α-hetero) is 1. The van der Waals surface area contributed by atoms with Crippen molar-refractivity contribution >= 4 is 17.5 Å². The van der Waals surface area contributed by atoms with Crippen LogP contribution in [0.3, 0.4) is 0 Å². The number of ketones is 1. The van der Waals surface area contributed by atoms with Gasteiger partial charge in [-0.25, -0.2) is 4.79 Å². The van der Waals surface area contributed by atoms with Crippen LogP contribution in [0.25, 0.3) is 0 Å². The van der Waals surface area contributed by atoms with Gasteiger partial charge in [0.15, 0.2) is 6.54 Å². The highest BCUT2D eigenvalue weighted by Gasteiger charge is 2.45. The number of carbonyl (C=O) groups is 2. The van der Waals surface area contributed by atoms with Crippen molar-refractivity contribution in [2.24, 2.45) is 0 Å². The van der Waals surface area contributed by atoms with Crippen molar-refractivity contribution < 1.29 is 23.6 Å². The summed E-state index contributed by atoms with van der Waals surface area (Å²) >= 11 is 0. The average Bonchev–Trinajstić information content (AvgIpc) is 2.41. The van der Waals surface area contributed by atoms with E-state index in [9.17, 15) is 9.59 Å². The van der Waals surface area contributed by atoms with Crippen molar-refractivity contribution in [1.29, 1.82) is 5.53 Å². The van der Waals surface area contributed by atoms with Gasteiger partial charge < -0.3 is 9.22 Å². The second-order valence-electron chi connectivity index (χ2n) is 5.12. The molecule has 3 saturated heterocycles. The molecule has 2 bridgehead atoms. The maximum absolute atomic E-state index is 12.2. The predicted molar refractivity (Wildman–Crippen MR) is 65.8 cm³/mol. The molecule has 0 aromatic carbocycles. The van der Waals surface area contributed by atoms with Gasteiger partial charge in [0.05, 0.1) is 36.6 Å². The molecule has 0 atom stereocenters. The molecular weight excluding hydrogens is 248 g/mol. The van der Waals surface area contributed by atoms with Crippen LogP contribution < -0.4 is 0 Å². The molecule has 1 N–H and O–H groups in total. The summed E-state index contributed by atoms with van der Waals surface area (Å²) in [7, 11) is 0. The zero-order valence-corrected chi connectivity index (χ0v) is 11.2. The predicted octanol–water partition coefficient (Wildman–Crippen LogP) is -1.06. The summed E-state index contributed by atoms with van der Waals surface area (Å²) in [5.41, 5.74) is 6.63. The molecule has 3 aliphatic rings. The molecule has 19 heavy (non-hydrogen) atoms. The Balaban J connectivity index is 2.03. The molecule has 3 fully saturated rings. The molecular formula is C12H20N4O3+2. The molecule has 0 aromatic rings. The molecule has 0 saturated carbocycles. The normalized spacial score (nSPS) is 28.6. The van der Waals surface area contributed by atoms with Crippen LogP contribution in [0.1, 0.15) is 6.92 Å². The van der Waals surface area contributed by atoms with Crippen molar-refractivity contribution in [2.45, 2.75) is 6.92 Å². The second-order valence-corrected chi connectivity index (χ2v) is 5.12. The lowest BCUT2D eigenvalue weighted by Crippen LogP contribution is -2.68. The zero-order chi connectivity index (χ0) is 13.9. The first-order valence-corrected chi connectivity index (χ1v) is 6.62. The fourth-order valence-electron chi connectivity index (χ4n) is 2.77. The van der Waals surface area contributed by atoms with Gasteiger partial charge >= 0.3 is 17.5 Å². The summed E-state index contributed by atoms with van der Waals surface area (Å²) in [5, 5.41) is 0. The van der Waals surface area contributed by atoms with E-state index in [4.69, 9.17) is 10.3 Å². The lowest BCUT2D eigenvalue weighted by Gasteiger charge is -2.49. The number of fused-ring (bicyclic) bond motifs is 3. The van der Waals surface area contributed by atoms with Crippen molar-refractivity contribution in [3.8, 4) is 0 Å². The van der Waals surface area contributed by atoms with Crippen LogP contribution in [0.4, 0.5) is 0 Å². The van der Waals surface area contributed by atoms with Crippen LogP contribution in [0.2, 0.25) is 0 Å². The van der Waals surface area contributed by atoms with Gasteiger partial charge in [0.1, 0.15) is 0 Å². The minimum absolute atomic E-state index is 0.181. The molecule has 3 heterocycles. The number of esters is 1.